The summed E-state index contributed by atoms with van der Waals surface area (Å²) >= 11 is 0. The Hall–Kier alpha value is -1.49. The molecular formula is C12H16NO5P. The van der Waals surface area contributed by atoms with Crippen LogP contribution in [0.4, 0.5) is 5.69 Å². The number of benzene rings is 1. The van der Waals surface area contributed by atoms with Crippen LogP contribution in [0.15, 0.2) is 30.1 Å². The molecule has 0 aliphatic rings. The molecule has 0 radical (unpaired) electrons. The van der Waals surface area contributed by atoms with Crippen LogP contribution < -0.4 is 0 Å². The third-order valence-corrected chi connectivity index (χ3v) is 3.92. The first-order valence-corrected chi connectivity index (χ1v) is 7.44. The molecule has 0 atom stereocenters. The summed E-state index contributed by atoms with van der Waals surface area (Å²) in [5.74, 6) is 1.36. The Bertz CT molecular complexity index is 487. The Balaban J connectivity index is 2.84. The monoisotopic (exact) mass is 285 g/mol. The van der Waals surface area contributed by atoms with E-state index in [1.54, 1.807) is 32.1 Å². The third-order valence-electron chi connectivity index (χ3n) is 2.17. The molecule has 1 aromatic rings. The molecule has 0 unspecified atom stereocenters. The van der Waals surface area contributed by atoms with E-state index in [2.05, 4.69) is 0 Å². The minimum Gasteiger partial charge on any atom is -0.306 e. The average molecular weight is 285 g/mol. The molecule has 6 nitrogen and oxygen atoms in total. The van der Waals surface area contributed by atoms with Crippen molar-refractivity contribution in [3.8, 4) is 0 Å². The van der Waals surface area contributed by atoms with Crippen molar-refractivity contribution in [2.24, 2.45) is 0 Å². The molecule has 1 aromatic carbocycles. The molecule has 104 valence electrons. The second-order valence-corrected chi connectivity index (χ2v) is 5.43. The largest absolute Gasteiger partial charge is 0.354 e. The van der Waals surface area contributed by atoms with Gasteiger partial charge in [-0.15, -0.1) is 0 Å². The van der Waals surface area contributed by atoms with Gasteiger partial charge in [0.1, 0.15) is 0 Å². The van der Waals surface area contributed by atoms with Crippen LogP contribution in [0.3, 0.4) is 0 Å². The fourth-order valence-electron chi connectivity index (χ4n) is 1.37. The summed E-state index contributed by atoms with van der Waals surface area (Å²) in [5.41, 5.74) is 0.695. The van der Waals surface area contributed by atoms with E-state index in [1.807, 2.05) is 0 Å². The lowest BCUT2D eigenvalue weighted by Gasteiger charge is -2.12. The number of nitrogens with zero attached hydrogens (tertiary/aromatic N) is 1. The SMILES string of the molecule is CCOP(=O)(C=Cc1ccc([N+](=O)[O-])cc1)OCC. The summed E-state index contributed by atoms with van der Waals surface area (Å²) in [4.78, 5) is 10.0. The zero-order valence-electron chi connectivity index (χ0n) is 10.8. The number of nitro benzene ring substituents is 1. The van der Waals surface area contributed by atoms with Crippen LogP contribution in [-0.2, 0) is 13.6 Å². The van der Waals surface area contributed by atoms with Crippen molar-refractivity contribution in [2.45, 2.75) is 13.8 Å². The highest BCUT2D eigenvalue weighted by Gasteiger charge is 2.18. The van der Waals surface area contributed by atoms with E-state index in [0.29, 0.717) is 5.56 Å². The van der Waals surface area contributed by atoms with Gasteiger partial charge in [0.15, 0.2) is 0 Å². The van der Waals surface area contributed by atoms with Gasteiger partial charge in [-0.1, -0.05) is 0 Å². The van der Waals surface area contributed by atoms with Crippen LogP contribution >= 0.6 is 7.60 Å². The third kappa shape index (κ3) is 4.95. The van der Waals surface area contributed by atoms with E-state index in [-0.39, 0.29) is 18.9 Å². The van der Waals surface area contributed by atoms with Crippen molar-refractivity contribution in [3.63, 3.8) is 0 Å². The van der Waals surface area contributed by atoms with Crippen LogP contribution in [0.25, 0.3) is 6.08 Å². The van der Waals surface area contributed by atoms with Crippen molar-refractivity contribution >= 4 is 19.4 Å². The standard InChI is InChI=1S/C12H16NO5P/c1-3-17-19(16,18-4-2)10-9-11-5-7-12(8-6-11)13(14)15/h5-10H,3-4H2,1-2H3. The van der Waals surface area contributed by atoms with Crippen LogP contribution in [0.1, 0.15) is 19.4 Å². The highest BCUT2D eigenvalue weighted by molar-refractivity contribution is 7.57. The van der Waals surface area contributed by atoms with Gasteiger partial charge in [-0.2, -0.15) is 0 Å². The highest BCUT2D eigenvalue weighted by Crippen LogP contribution is 2.50. The van der Waals surface area contributed by atoms with Crippen LogP contribution in [0, 0.1) is 10.1 Å². The van der Waals surface area contributed by atoms with Crippen LogP contribution in [-0.4, -0.2) is 18.1 Å². The number of nitro groups is 1. The predicted octanol–water partition coefficient (Wildman–Crippen LogP) is 3.83. The van der Waals surface area contributed by atoms with Crippen molar-refractivity contribution in [1.82, 2.24) is 0 Å². The molecule has 0 heterocycles. The minimum absolute atomic E-state index is 0.00921. The van der Waals surface area contributed by atoms with Gasteiger partial charge in [0.05, 0.1) is 18.1 Å². The lowest BCUT2D eigenvalue weighted by atomic mass is 10.2. The first-order valence-electron chi connectivity index (χ1n) is 5.83. The number of hydrogen-bond acceptors (Lipinski definition) is 5. The van der Waals surface area contributed by atoms with E-state index in [4.69, 9.17) is 9.05 Å². The summed E-state index contributed by atoms with van der Waals surface area (Å²) in [6, 6.07) is 5.89. The van der Waals surface area contributed by atoms with Gasteiger partial charge >= 0.3 is 7.60 Å². The van der Waals surface area contributed by atoms with E-state index in [1.165, 1.54) is 17.9 Å². The summed E-state index contributed by atoms with van der Waals surface area (Å²) in [6.45, 7) is 4.01. The Morgan fingerprint density at radius 1 is 1.21 bits per heavy atom. The van der Waals surface area contributed by atoms with Crippen molar-refractivity contribution in [3.05, 3.63) is 45.8 Å². The quantitative estimate of drug-likeness (QED) is 0.432. The molecule has 19 heavy (non-hydrogen) atoms. The number of non-ortho nitro benzene ring substituents is 1. The second-order valence-electron chi connectivity index (χ2n) is 3.54. The van der Waals surface area contributed by atoms with Crippen molar-refractivity contribution < 1.29 is 18.5 Å². The average Bonchev–Trinajstić information content (AvgIpc) is 2.37. The summed E-state index contributed by atoms with van der Waals surface area (Å²) in [7, 11) is -3.23. The van der Waals surface area contributed by atoms with Gasteiger partial charge in [-0.05, 0) is 37.6 Å². The predicted molar refractivity (Wildman–Crippen MR) is 73.0 cm³/mol. The molecule has 0 bridgehead atoms. The molecule has 0 aliphatic carbocycles. The molecule has 1 rings (SSSR count). The van der Waals surface area contributed by atoms with Gasteiger partial charge in [0, 0.05) is 17.9 Å². The van der Waals surface area contributed by atoms with Gasteiger partial charge in [-0.25, -0.2) is 0 Å². The smallest absolute Gasteiger partial charge is 0.306 e. The maximum atomic E-state index is 12.1. The maximum absolute atomic E-state index is 12.1. The van der Waals surface area contributed by atoms with Crippen molar-refractivity contribution in [1.29, 1.82) is 0 Å². The lowest BCUT2D eigenvalue weighted by molar-refractivity contribution is -0.384. The van der Waals surface area contributed by atoms with E-state index < -0.39 is 12.5 Å². The summed E-state index contributed by atoms with van der Waals surface area (Å²) in [6.07, 6.45) is 1.57. The molecule has 0 amide bonds. The second kappa shape index (κ2) is 7.19. The van der Waals surface area contributed by atoms with E-state index in [0.717, 1.165) is 0 Å². The Morgan fingerprint density at radius 3 is 2.16 bits per heavy atom. The van der Waals surface area contributed by atoms with Gasteiger partial charge in [-0.3, -0.25) is 14.7 Å². The Morgan fingerprint density at radius 2 is 1.74 bits per heavy atom. The van der Waals surface area contributed by atoms with Crippen molar-refractivity contribution in [2.75, 3.05) is 13.2 Å². The topological polar surface area (TPSA) is 78.7 Å². The molecule has 0 fully saturated rings. The summed E-state index contributed by atoms with van der Waals surface area (Å²) < 4.78 is 22.3. The van der Waals surface area contributed by atoms with E-state index >= 15 is 0 Å². The molecule has 0 aliphatic heterocycles. The van der Waals surface area contributed by atoms with Gasteiger partial charge in [0.25, 0.3) is 5.69 Å². The molecule has 0 saturated carbocycles. The molecule has 0 saturated heterocycles. The highest BCUT2D eigenvalue weighted by atomic mass is 31.2. The number of hydrogen-bond donors (Lipinski definition) is 0. The molecule has 7 heteroatoms. The van der Waals surface area contributed by atoms with Crippen LogP contribution in [0.2, 0.25) is 0 Å². The zero-order valence-corrected chi connectivity index (χ0v) is 11.7. The molecule has 0 N–H and O–H groups in total. The Labute approximate surface area is 111 Å². The zero-order chi connectivity index (χ0) is 14.3. The van der Waals surface area contributed by atoms with Gasteiger partial charge < -0.3 is 9.05 Å². The van der Waals surface area contributed by atoms with Gasteiger partial charge in [0.2, 0.25) is 0 Å². The Kier molecular flexibility index (Phi) is 5.89. The number of rotatable bonds is 7. The molecular weight excluding hydrogens is 269 g/mol. The normalized spacial score (nSPS) is 11.9. The van der Waals surface area contributed by atoms with Crippen LogP contribution in [0.5, 0.6) is 0 Å². The molecule has 0 aromatic heterocycles. The summed E-state index contributed by atoms with van der Waals surface area (Å²) in [5, 5.41) is 10.5. The van der Waals surface area contributed by atoms with E-state index in [9.17, 15) is 14.7 Å². The fraction of sp³-hybridized carbons (Fsp3) is 0.333. The molecule has 0 spiro atoms. The first kappa shape index (κ1) is 15.6. The lowest BCUT2D eigenvalue weighted by Crippen LogP contribution is -1.92. The maximum Gasteiger partial charge on any atom is 0.354 e. The fourth-order valence-corrected chi connectivity index (χ4v) is 2.69. The first-order chi connectivity index (χ1) is 9.00. The minimum atomic E-state index is -3.23.